The molecule has 1 aromatic heterocycles. The van der Waals surface area contributed by atoms with Crippen LogP contribution in [0.3, 0.4) is 0 Å². The van der Waals surface area contributed by atoms with Gasteiger partial charge in [-0.3, -0.25) is 0 Å². The number of benzene rings is 2. The Hall–Kier alpha value is -2.65. The summed E-state index contributed by atoms with van der Waals surface area (Å²) in [5, 5.41) is 13.5. The fraction of sp³-hybridized carbons (Fsp3) is 0.320. The van der Waals surface area contributed by atoms with Gasteiger partial charge in [0.25, 0.3) is 0 Å². The summed E-state index contributed by atoms with van der Waals surface area (Å²) in [4.78, 5) is 5.84. The predicted molar refractivity (Wildman–Crippen MR) is 123 cm³/mol. The molecule has 0 spiro atoms. The second-order valence-electron chi connectivity index (χ2n) is 7.69. The third-order valence-electron chi connectivity index (χ3n) is 5.29. The Labute approximate surface area is 182 Å². The standard InChI is InChI=1S/C25H26N2O2S/c1-4-17-14-18(8-11-23(17)29-16(2)3)25-27-15-24(30-25)21-7-5-6-20-19(21)9-10-22(20)26-12-13-28/h1,5-8,11,14-16,22,26,28H,9-10,12-13H2,2-3H3. The second kappa shape index (κ2) is 9.01. The lowest BCUT2D eigenvalue weighted by Crippen LogP contribution is -2.22. The van der Waals surface area contributed by atoms with E-state index in [-0.39, 0.29) is 12.7 Å². The number of terminal acetylenes is 1. The van der Waals surface area contributed by atoms with Crippen LogP contribution in [0.15, 0.2) is 42.6 Å². The normalized spacial score (nSPS) is 15.2. The lowest BCUT2D eigenvalue weighted by Gasteiger charge is -2.13. The summed E-state index contributed by atoms with van der Waals surface area (Å²) in [5.74, 6) is 3.46. The zero-order chi connectivity index (χ0) is 21.1. The van der Waals surface area contributed by atoms with E-state index in [1.807, 2.05) is 38.2 Å². The number of aromatic nitrogens is 1. The van der Waals surface area contributed by atoms with E-state index in [0.717, 1.165) is 39.6 Å². The topological polar surface area (TPSA) is 54.4 Å². The first-order valence-corrected chi connectivity index (χ1v) is 11.1. The van der Waals surface area contributed by atoms with Gasteiger partial charge in [-0.15, -0.1) is 17.8 Å². The lowest BCUT2D eigenvalue weighted by molar-refractivity contribution is 0.242. The molecule has 0 amide bonds. The first-order valence-electron chi connectivity index (χ1n) is 10.3. The van der Waals surface area contributed by atoms with Crippen LogP contribution in [0.1, 0.15) is 43.0 Å². The number of aliphatic hydroxyl groups is 1. The zero-order valence-corrected chi connectivity index (χ0v) is 18.1. The Morgan fingerprint density at radius 1 is 1.33 bits per heavy atom. The first-order chi connectivity index (χ1) is 14.6. The van der Waals surface area contributed by atoms with Crippen LogP contribution in [0.25, 0.3) is 21.0 Å². The second-order valence-corrected chi connectivity index (χ2v) is 8.72. The van der Waals surface area contributed by atoms with Gasteiger partial charge in [-0.05, 0) is 61.6 Å². The van der Waals surface area contributed by atoms with Crippen molar-refractivity contribution >= 4 is 11.3 Å². The van der Waals surface area contributed by atoms with Gasteiger partial charge in [0, 0.05) is 24.3 Å². The van der Waals surface area contributed by atoms with Crippen LogP contribution in [0.4, 0.5) is 0 Å². The number of nitrogens with one attached hydrogen (secondary N) is 1. The van der Waals surface area contributed by atoms with Crippen molar-refractivity contribution in [1.82, 2.24) is 10.3 Å². The van der Waals surface area contributed by atoms with Crippen molar-refractivity contribution in [2.24, 2.45) is 0 Å². The fourth-order valence-electron chi connectivity index (χ4n) is 4.00. The highest BCUT2D eigenvalue weighted by atomic mass is 32.1. The molecular formula is C25H26N2O2S. The molecule has 0 saturated carbocycles. The minimum atomic E-state index is 0.0743. The molecule has 0 bridgehead atoms. The SMILES string of the molecule is C#Cc1cc(-c2ncc(-c3cccc4c3CCC4NCCO)s2)ccc1OC(C)C. The number of thiazole rings is 1. The molecule has 2 aromatic carbocycles. The molecular weight excluding hydrogens is 392 g/mol. The van der Waals surface area contributed by atoms with Crippen molar-refractivity contribution in [3.05, 3.63) is 59.3 Å². The summed E-state index contributed by atoms with van der Waals surface area (Å²) in [7, 11) is 0. The van der Waals surface area contributed by atoms with E-state index in [2.05, 4.69) is 34.4 Å². The number of fused-ring (bicyclic) bond motifs is 1. The van der Waals surface area contributed by atoms with E-state index in [1.165, 1.54) is 16.7 Å². The van der Waals surface area contributed by atoms with E-state index in [0.29, 0.717) is 12.6 Å². The molecule has 1 atom stereocenters. The molecule has 0 fully saturated rings. The maximum atomic E-state index is 9.13. The number of aliphatic hydroxyl groups excluding tert-OH is 1. The Kier molecular flexibility index (Phi) is 6.19. The molecule has 0 aliphatic heterocycles. The van der Waals surface area contributed by atoms with Crippen LogP contribution < -0.4 is 10.1 Å². The smallest absolute Gasteiger partial charge is 0.135 e. The molecule has 1 heterocycles. The lowest BCUT2D eigenvalue weighted by atomic mass is 10.0. The van der Waals surface area contributed by atoms with Crippen molar-refractivity contribution in [3.8, 4) is 39.1 Å². The highest BCUT2D eigenvalue weighted by Crippen LogP contribution is 2.41. The minimum Gasteiger partial charge on any atom is -0.490 e. The number of hydrogen-bond donors (Lipinski definition) is 2. The summed E-state index contributed by atoms with van der Waals surface area (Å²) in [6, 6.07) is 12.7. The molecule has 3 aromatic rings. The van der Waals surface area contributed by atoms with Gasteiger partial charge in [0.15, 0.2) is 0 Å². The van der Waals surface area contributed by atoms with Crippen LogP contribution in [0, 0.1) is 12.3 Å². The van der Waals surface area contributed by atoms with Crippen LogP contribution in [0.2, 0.25) is 0 Å². The molecule has 1 unspecified atom stereocenters. The number of rotatable bonds is 7. The Morgan fingerprint density at radius 3 is 2.97 bits per heavy atom. The minimum absolute atomic E-state index is 0.0743. The molecule has 0 radical (unpaired) electrons. The van der Waals surface area contributed by atoms with Crippen molar-refractivity contribution in [3.63, 3.8) is 0 Å². The molecule has 4 nitrogen and oxygen atoms in total. The van der Waals surface area contributed by atoms with Crippen molar-refractivity contribution in [2.45, 2.75) is 38.8 Å². The maximum Gasteiger partial charge on any atom is 0.135 e. The van der Waals surface area contributed by atoms with Gasteiger partial charge in [0.05, 0.1) is 23.2 Å². The molecule has 1 aliphatic carbocycles. The summed E-state index contributed by atoms with van der Waals surface area (Å²) in [5.41, 5.74) is 5.72. The molecule has 1 aliphatic rings. The van der Waals surface area contributed by atoms with Gasteiger partial charge in [0.2, 0.25) is 0 Å². The van der Waals surface area contributed by atoms with E-state index < -0.39 is 0 Å². The van der Waals surface area contributed by atoms with Crippen molar-refractivity contribution in [2.75, 3.05) is 13.2 Å². The maximum absolute atomic E-state index is 9.13. The zero-order valence-electron chi connectivity index (χ0n) is 17.3. The van der Waals surface area contributed by atoms with E-state index >= 15 is 0 Å². The van der Waals surface area contributed by atoms with Gasteiger partial charge >= 0.3 is 0 Å². The average Bonchev–Trinajstić information content (AvgIpc) is 3.39. The Bertz CT molecular complexity index is 1080. The van der Waals surface area contributed by atoms with Crippen LogP contribution >= 0.6 is 11.3 Å². The Balaban J connectivity index is 1.63. The summed E-state index contributed by atoms with van der Waals surface area (Å²) in [6.45, 7) is 4.75. The molecule has 4 rings (SSSR count). The Morgan fingerprint density at radius 2 is 2.20 bits per heavy atom. The van der Waals surface area contributed by atoms with Gasteiger partial charge in [0.1, 0.15) is 10.8 Å². The van der Waals surface area contributed by atoms with Gasteiger partial charge < -0.3 is 15.2 Å². The molecule has 2 N–H and O–H groups in total. The molecule has 30 heavy (non-hydrogen) atoms. The van der Waals surface area contributed by atoms with Crippen LogP contribution in [0.5, 0.6) is 5.75 Å². The molecule has 154 valence electrons. The van der Waals surface area contributed by atoms with Gasteiger partial charge in [-0.2, -0.15) is 0 Å². The predicted octanol–water partition coefficient (Wildman–Crippen LogP) is 4.81. The molecule has 0 saturated heterocycles. The van der Waals surface area contributed by atoms with Crippen LogP contribution in [-0.4, -0.2) is 29.3 Å². The third kappa shape index (κ3) is 4.13. The quantitative estimate of drug-likeness (QED) is 0.541. The van der Waals surface area contributed by atoms with Crippen LogP contribution in [-0.2, 0) is 6.42 Å². The fourth-order valence-corrected chi connectivity index (χ4v) is 4.97. The average molecular weight is 419 g/mol. The monoisotopic (exact) mass is 418 g/mol. The summed E-state index contributed by atoms with van der Waals surface area (Å²) >= 11 is 1.68. The highest BCUT2D eigenvalue weighted by molar-refractivity contribution is 7.18. The summed E-state index contributed by atoms with van der Waals surface area (Å²) in [6.07, 6.45) is 9.83. The summed E-state index contributed by atoms with van der Waals surface area (Å²) < 4.78 is 5.81. The largest absolute Gasteiger partial charge is 0.490 e. The molecule has 5 heteroatoms. The van der Waals surface area contributed by atoms with E-state index in [4.69, 9.17) is 16.3 Å². The van der Waals surface area contributed by atoms with Crippen molar-refractivity contribution < 1.29 is 9.84 Å². The third-order valence-corrected chi connectivity index (χ3v) is 6.37. The van der Waals surface area contributed by atoms with Crippen molar-refractivity contribution in [1.29, 1.82) is 0 Å². The van der Waals surface area contributed by atoms with Gasteiger partial charge in [-0.25, -0.2) is 4.98 Å². The van der Waals surface area contributed by atoms with Gasteiger partial charge in [-0.1, -0.05) is 24.1 Å². The van der Waals surface area contributed by atoms with E-state index in [1.54, 1.807) is 11.3 Å². The van der Waals surface area contributed by atoms with E-state index in [9.17, 15) is 0 Å². The number of nitrogens with zero attached hydrogens (tertiary/aromatic N) is 1. The first kappa shape index (κ1) is 20.6. The number of ether oxygens (including phenoxy) is 1. The highest BCUT2D eigenvalue weighted by Gasteiger charge is 2.25. The number of hydrogen-bond acceptors (Lipinski definition) is 5.